The predicted octanol–water partition coefficient (Wildman–Crippen LogP) is 3.02. The molecule has 0 fully saturated rings. The second-order valence-electron chi connectivity index (χ2n) is 6.14. The molecule has 0 saturated carbocycles. The van der Waals surface area contributed by atoms with E-state index in [9.17, 15) is 4.79 Å². The third-order valence-corrected chi connectivity index (χ3v) is 5.91. The molecular formula is C20H23N2OS2+. The molecule has 25 heavy (non-hydrogen) atoms. The maximum absolute atomic E-state index is 12.5. The van der Waals surface area contributed by atoms with Crippen LogP contribution in [-0.2, 0) is 24.4 Å². The van der Waals surface area contributed by atoms with Crippen molar-refractivity contribution in [2.75, 3.05) is 6.54 Å². The molecule has 0 spiro atoms. The first-order valence-electron chi connectivity index (χ1n) is 8.40. The van der Waals surface area contributed by atoms with Gasteiger partial charge in [0.2, 0.25) is 0 Å². The number of thiophene rings is 2. The van der Waals surface area contributed by atoms with Gasteiger partial charge in [-0.15, -0.1) is 22.7 Å². The molecule has 130 valence electrons. The molecule has 0 radical (unpaired) electrons. The highest BCUT2D eigenvalue weighted by Gasteiger charge is 2.16. The third kappa shape index (κ3) is 5.53. The Morgan fingerprint density at radius 2 is 1.60 bits per heavy atom. The van der Waals surface area contributed by atoms with E-state index < -0.39 is 0 Å². The molecule has 0 unspecified atom stereocenters. The van der Waals surface area contributed by atoms with Gasteiger partial charge in [0.25, 0.3) is 5.91 Å². The summed E-state index contributed by atoms with van der Waals surface area (Å²) in [6.45, 7) is 4.92. The van der Waals surface area contributed by atoms with Crippen molar-refractivity contribution in [3.63, 3.8) is 0 Å². The highest BCUT2D eigenvalue weighted by Crippen LogP contribution is 2.09. The van der Waals surface area contributed by atoms with Crippen molar-refractivity contribution in [1.82, 2.24) is 5.32 Å². The topological polar surface area (TPSA) is 33.5 Å². The predicted molar refractivity (Wildman–Crippen MR) is 105 cm³/mol. The number of carbonyl (C=O) groups is 1. The van der Waals surface area contributed by atoms with Crippen LogP contribution in [0.5, 0.6) is 0 Å². The lowest BCUT2D eigenvalue weighted by molar-refractivity contribution is -0.919. The Morgan fingerprint density at radius 1 is 0.960 bits per heavy atom. The quantitative estimate of drug-likeness (QED) is 0.627. The summed E-state index contributed by atoms with van der Waals surface area (Å²) in [5.41, 5.74) is 2.39. The Balaban J connectivity index is 1.58. The van der Waals surface area contributed by atoms with Gasteiger partial charge in [-0.1, -0.05) is 36.4 Å². The van der Waals surface area contributed by atoms with Crippen LogP contribution in [0.1, 0.15) is 20.9 Å². The summed E-state index contributed by atoms with van der Waals surface area (Å²) in [5.74, 6) is 0.103. The molecule has 0 aliphatic rings. The van der Waals surface area contributed by atoms with Gasteiger partial charge in [-0.2, -0.15) is 0 Å². The molecule has 1 amide bonds. The zero-order valence-corrected chi connectivity index (χ0v) is 16.0. The molecule has 3 rings (SSSR count). The lowest BCUT2D eigenvalue weighted by Gasteiger charge is -2.18. The Morgan fingerprint density at radius 3 is 2.16 bits per heavy atom. The number of nitrogens with one attached hydrogen (secondary N) is 2. The maximum Gasteiger partial charge on any atom is 0.275 e. The molecule has 3 aromatic rings. The zero-order valence-electron chi connectivity index (χ0n) is 14.3. The van der Waals surface area contributed by atoms with Crippen molar-refractivity contribution < 1.29 is 9.69 Å². The van der Waals surface area contributed by atoms with Crippen molar-refractivity contribution in [3.05, 3.63) is 80.2 Å². The van der Waals surface area contributed by atoms with Crippen molar-refractivity contribution in [1.29, 1.82) is 0 Å². The molecule has 0 aliphatic heterocycles. The largest absolute Gasteiger partial charge is 0.347 e. The Bertz CT molecular complexity index is 746. The second kappa shape index (κ2) is 8.94. The number of carbonyl (C=O) groups excluding carboxylic acids is 1. The first kappa shape index (κ1) is 17.9. The number of rotatable bonds is 8. The molecule has 0 bridgehead atoms. The number of aryl methyl sites for hydroxylation is 1. The summed E-state index contributed by atoms with van der Waals surface area (Å²) in [5, 5.41) is 7.26. The Kier molecular flexibility index (Phi) is 6.39. The fourth-order valence-corrected chi connectivity index (χ4v) is 4.35. The van der Waals surface area contributed by atoms with Crippen molar-refractivity contribution in [3.8, 4) is 0 Å². The minimum Gasteiger partial charge on any atom is -0.347 e. The number of hydrogen-bond acceptors (Lipinski definition) is 3. The maximum atomic E-state index is 12.5. The molecule has 0 aliphatic carbocycles. The molecule has 5 heteroatoms. The van der Waals surface area contributed by atoms with Gasteiger partial charge in [0, 0.05) is 6.54 Å². The van der Waals surface area contributed by atoms with E-state index in [4.69, 9.17) is 0 Å². The summed E-state index contributed by atoms with van der Waals surface area (Å²) in [6.07, 6.45) is 0. The summed E-state index contributed by atoms with van der Waals surface area (Å²) in [7, 11) is 0. The third-order valence-electron chi connectivity index (χ3n) is 4.16. The molecule has 0 saturated heterocycles. The van der Waals surface area contributed by atoms with Crippen LogP contribution in [0.4, 0.5) is 0 Å². The minimum absolute atomic E-state index is 0.103. The molecule has 2 aromatic heterocycles. The zero-order chi connectivity index (χ0) is 17.5. The van der Waals surface area contributed by atoms with Crippen LogP contribution >= 0.6 is 22.7 Å². The first-order valence-corrected chi connectivity index (χ1v) is 10.2. The van der Waals surface area contributed by atoms with Crippen molar-refractivity contribution in [2.45, 2.75) is 26.6 Å². The first-order chi connectivity index (χ1) is 12.2. The average molecular weight is 372 g/mol. The fourth-order valence-electron chi connectivity index (χ4n) is 2.80. The molecule has 1 aromatic carbocycles. The van der Waals surface area contributed by atoms with Crippen LogP contribution in [0.25, 0.3) is 0 Å². The van der Waals surface area contributed by atoms with E-state index in [-0.39, 0.29) is 5.91 Å². The number of hydrogen-bond donors (Lipinski definition) is 2. The van der Waals surface area contributed by atoms with Gasteiger partial charge in [-0.3, -0.25) is 4.79 Å². The van der Waals surface area contributed by atoms with Crippen molar-refractivity contribution >= 4 is 28.6 Å². The molecule has 2 N–H and O–H groups in total. The monoisotopic (exact) mass is 371 g/mol. The number of benzene rings is 1. The summed E-state index contributed by atoms with van der Waals surface area (Å²) < 4.78 is 0. The van der Waals surface area contributed by atoms with Crippen LogP contribution < -0.4 is 10.2 Å². The summed E-state index contributed by atoms with van der Waals surface area (Å²) >= 11 is 3.51. The molecule has 3 nitrogen and oxygen atoms in total. The van der Waals surface area contributed by atoms with Gasteiger partial charge >= 0.3 is 0 Å². The molecule has 2 heterocycles. The fraction of sp³-hybridized carbons (Fsp3) is 0.250. The summed E-state index contributed by atoms with van der Waals surface area (Å²) in [4.78, 5) is 16.4. The van der Waals surface area contributed by atoms with Crippen LogP contribution in [0.2, 0.25) is 0 Å². The van der Waals surface area contributed by atoms with E-state index >= 15 is 0 Å². The van der Waals surface area contributed by atoms with E-state index in [2.05, 4.69) is 59.4 Å². The van der Waals surface area contributed by atoms with Crippen LogP contribution in [-0.4, -0.2) is 12.5 Å². The molecular weight excluding hydrogens is 348 g/mol. The highest BCUT2D eigenvalue weighted by atomic mass is 32.1. The Hall–Kier alpha value is -1.95. The number of quaternary nitrogens is 1. The van der Waals surface area contributed by atoms with E-state index in [1.807, 2.05) is 12.1 Å². The SMILES string of the molecule is Cc1ccccc1CNC(=O)C[NH+](Cc1cccs1)Cc1cccs1. The minimum atomic E-state index is 0.103. The average Bonchev–Trinajstić information content (AvgIpc) is 3.28. The van der Waals surface area contributed by atoms with E-state index in [1.54, 1.807) is 22.7 Å². The Labute approximate surface area is 156 Å². The van der Waals surface area contributed by atoms with E-state index in [1.165, 1.54) is 25.8 Å². The van der Waals surface area contributed by atoms with Crippen LogP contribution in [0, 0.1) is 6.92 Å². The smallest absolute Gasteiger partial charge is 0.275 e. The highest BCUT2D eigenvalue weighted by molar-refractivity contribution is 7.10. The van der Waals surface area contributed by atoms with Crippen molar-refractivity contribution in [2.24, 2.45) is 0 Å². The normalized spacial score (nSPS) is 11.0. The van der Waals surface area contributed by atoms with Crippen LogP contribution in [0.15, 0.2) is 59.3 Å². The second-order valence-corrected chi connectivity index (χ2v) is 8.21. The van der Waals surface area contributed by atoms with Gasteiger partial charge in [-0.05, 0) is 40.9 Å². The molecule has 0 atom stereocenters. The van der Waals surface area contributed by atoms with E-state index in [0.29, 0.717) is 13.1 Å². The van der Waals surface area contributed by atoms with Gasteiger partial charge in [-0.25, -0.2) is 0 Å². The lowest BCUT2D eigenvalue weighted by Crippen LogP contribution is -3.10. The van der Waals surface area contributed by atoms with E-state index in [0.717, 1.165) is 13.1 Å². The standard InChI is InChI=1S/C20H22N2OS2/c1-16-6-2-3-7-17(16)12-21-20(23)15-22(13-18-8-4-10-24-18)14-19-9-5-11-25-19/h2-11H,12-15H2,1H3,(H,21,23)/p+1. The lowest BCUT2D eigenvalue weighted by atomic mass is 10.1. The van der Waals surface area contributed by atoms with Crippen LogP contribution in [0.3, 0.4) is 0 Å². The number of amides is 1. The van der Waals surface area contributed by atoms with Gasteiger partial charge in [0.05, 0.1) is 9.75 Å². The van der Waals surface area contributed by atoms with Gasteiger partial charge in [0.1, 0.15) is 13.1 Å². The van der Waals surface area contributed by atoms with Gasteiger partial charge in [0.15, 0.2) is 6.54 Å². The van der Waals surface area contributed by atoms with Gasteiger partial charge < -0.3 is 10.2 Å². The summed E-state index contributed by atoms with van der Waals surface area (Å²) in [6, 6.07) is 16.6.